The van der Waals surface area contributed by atoms with Crippen LogP contribution in [0.2, 0.25) is 0 Å². The van der Waals surface area contributed by atoms with Crippen LogP contribution >= 0.6 is 0 Å². The molecule has 0 aromatic heterocycles. The van der Waals surface area contributed by atoms with Crippen molar-refractivity contribution in [3.05, 3.63) is 30.1 Å². The maximum atomic E-state index is 13.0. The summed E-state index contributed by atoms with van der Waals surface area (Å²) in [6.07, 6.45) is 4.23. The van der Waals surface area contributed by atoms with Crippen molar-refractivity contribution in [2.24, 2.45) is 0 Å². The van der Waals surface area contributed by atoms with Crippen LogP contribution in [0.25, 0.3) is 0 Å². The van der Waals surface area contributed by atoms with E-state index in [0.29, 0.717) is 6.54 Å². The number of hydrogen-bond donors (Lipinski definition) is 0. The van der Waals surface area contributed by atoms with E-state index in [4.69, 9.17) is 0 Å². The van der Waals surface area contributed by atoms with Gasteiger partial charge in [0.15, 0.2) is 0 Å². The van der Waals surface area contributed by atoms with Gasteiger partial charge in [0, 0.05) is 19.1 Å². The Morgan fingerprint density at radius 1 is 1.05 bits per heavy atom. The van der Waals surface area contributed by atoms with Crippen molar-refractivity contribution in [1.29, 1.82) is 0 Å². The number of benzene rings is 1. The summed E-state index contributed by atoms with van der Waals surface area (Å²) in [5.74, 6) is -0.413. The standard InChI is InChI=1S/C15H21FN2O2S/c16-13-5-7-15(8-6-13)21(19,20)18-11-3-4-14(18)12-17-9-1-2-10-17/h5-8,14H,1-4,9-12H2. The molecule has 0 aliphatic carbocycles. The Hall–Kier alpha value is -0.980. The van der Waals surface area contributed by atoms with Crippen LogP contribution in [0.4, 0.5) is 4.39 Å². The summed E-state index contributed by atoms with van der Waals surface area (Å²) in [6, 6.07) is 5.18. The zero-order chi connectivity index (χ0) is 14.9. The molecule has 2 fully saturated rings. The molecule has 21 heavy (non-hydrogen) atoms. The van der Waals surface area contributed by atoms with E-state index in [1.165, 1.54) is 37.1 Å². The Bertz CT molecular complexity index is 582. The molecule has 0 bridgehead atoms. The van der Waals surface area contributed by atoms with E-state index in [1.54, 1.807) is 4.31 Å². The van der Waals surface area contributed by atoms with Crippen LogP contribution in [-0.4, -0.2) is 49.8 Å². The lowest BCUT2D eigenvalue weighted by Gasteiger charge is -2.27. The zero-order valence-electron chi connectivity index (χ0n) is 12.0. The molecule has 1 aromatic carbocycles. The van der Waals surface area contributed by atoms with Gasteiger partial charge in [-0.05, 0) is 63.0 Å². The van der Waals surface area contributed by atoms with Gasteiger partial charge in [0.1, 0.15) is 5.82 Å². The minimum absolute atomic E-state index is 0.0538. The molecule has 2 saturated heterocycles. The largest absolute Gasteiger partial charge is 0.302 e. The fourth-order valence-corrected chi connectivity index (χ4v) is 5.00. The maximum Gasteiger partial charge on any atom is 0.243 e. The van der Waals surface area contributed by atoms with Crippen LogP contribution in [0.5, 0.6) is 0 Å². The maximum absolute atomic E-state index is 13.0. The van der Waals surface area contributed by atoms with Crippen molar-refractivity contribution in [2.45, 2.75) is 36.6 Å². The molecule has 0 N–H and O–H groups in total. The van der Waals surface area contributed by atoms with Gasteiger partial charge in [0.2, 0.25) is 10.0 Å². The van der Waals surface area contributed by atoms with Crippen molar-refractivity contribution < 1.29 is 12.8 Å². The lowest BCUT2D eigenvalue weighted by molar-refractivity contribution is 0.257. The lowest BCUT2D eigenvalue weighted by atomic mass is 10.2. The topological polar surface area (TPSA) is 40.6 Å². The number of halogens is 1. The van der Waals surface area contributed by atoms with Crippen LogP contribution in [0.1, 0.15) is 25.7 Å². The summed E-state index contributed by atoms with van der Waals surface area (Å²) in [4.78, 5) is 2.54. The highest BCUT2D eigenvalue weighted by molar-refractivity contribution is 7.89. The molecule has 3 rings (SSSR count). The summed E-state index contributed by atoms with van der Waals surface area (Å²) in [5, 5.41) is 0. The number of nitrogens with zero attached hydrogens (tertiary/aromatic N) is 2. The van der Waals surface area contributed by atoms with Gasteiger partial charge in [-0.25, -0.2) is 12.8 Å². The number of hydrogen-bond acceptors (Lipinski definition) is 3. The summed E-state index contributed by atoms with van der Waals surface area (Å²) in [7, 11) is -3.51. The van der Waals surface area contributed by atoms with Crippen molar-refractivity contribution in [2.75, 3.05) is 26.2 Å². The second-order valence-electron chi connectivity index (χ2n) is 5.87. The highest BCUT2D eigenvalue weighted by atomic mass is 32.2. The Balaban J connectivity index is 1.78. The molecule has 116 valence electrons. The van der Waals surface area contributed by atoms with Crippen molar-refractivity contribution in [3.63, 3.8) is 0 Å². The highest BCUT2D eigenvalue weighted by Crippen LogP contribution is 2.27. The highest BCUT2D eigenvalue weighted by Gasteiger charge is 2.36. The first-order valence-corrected chi connectivity index (χ1v) is 9.01. The molecule has 2 heterocycles. The van der Waals surface area contributed by atoms with Gasteiger partial charge in [-0.2, -0.15) is 4.31 Å². The molecule has 0 amide bonds. The number of rotatable bonds is 4. The molecular weight excluding hydrogens is 291 g/mol. The second kappa shape index (κ2) is 6.02. The molecule has 4 nitrogen and oxygen atoms in total. The molecule has 2 aliphatic rings. The SMILES string of the molecule is O=S(=O)(c1ccc(F)cc1)N1CCCC1CN1CCCC1. The molecule has 6 heteroatoms. The molecule has 2 aliphatic heterocycles. The lowest BCUT2D eigenvalue weighted by Crippen LogP contribution is -2.42. The monoisotopic (exact) mass is 312 g/mol. The Labute approximate surface area is 125 Å². The first-order valence-electron chi connectivity index (χ1n) is 7.57. The fraction of sp³-hybridized carbons (Fsp3) is 0.600. The summed E-state index contributed by atoms with van der Waals surface area (Å²) in [5.41, 5.74) is 0. The molecular formula is C15H21FN2O2S. The summed E-state index contributed by atoms with van der Waals surface area (Å²) < 4.78 is 40.0. The van der Waals surface area contributed by atoms with Crippen molar-refractivity contribution in [1.82, 2.24) is 9.21 Å². The Morgan fingerprint density at radius 3 is 2.38 bits per heavy atom. The summed E-state index contributed by atoms with van der Waals surface area (Å²) >= 11 is 0. The van der Waals surface area contributed by atoms with E-state index in [0.717, 1.165) is 32.5 Å². The third-order valence-corrected chi connectivity index (χ3v) is 6.38. The predicted molar refractivity (Wildman–Crippen MR) is 79.0 cm³/mol. The van der Waals surface area contributed by atoms with Crippen LogP contribution in [0.3, 0.4) is 0 Å². The van der Waals surface area contributed by atoms with E-state index in [-0.39, 0.29) is 10.9 Å². The summed E-state index contributed by atoms with van der Waals surface area (Å²) in [6.45, 7) is 3.53. The van der Waals surface area contributed by atoms with Crippen LogP contribution < -0.4 is 0 Å². The van der Waals surface area contributed by atoms with Crippen LogP contribution in [-0.2, 0) is 10.0 Å². The molecule has 0 saturated carbocycles. The van der Waals surface area contributed by atoms with Gasteiger partial charge < -0.3 is 4.90 Å². The van der Waals surface area contributed by atoms with Crippen LogP contribution in [0.15, 0.2) is 29.2 Å². The normalized spacial score (nSPS) is 24.7. The van der Waals surface area contributed by atoms with E-state index < -0.39 is 15.8 Å². The minimum Gasteiger partial charge on any atom is -0.302 e. The third kappa shape index (κ3) is 3.12. The van der Waals surface area contributed by atoms with Gasteiger partial charge in [0.05, 0.1) is 4.90 Å². The van der Waals surface area contributed by atoms with Gasteiger partial charge in [0.25, 0.3) is 0 Å². The van der Waals surface area contributed by atoms with E-state index >= 15 is 0 Å². The predicted octanol–water partition coefficient (Wildman–Crippen LogP) is 2.07. The fourth-order valence-electron chi connectivity index (χ4n) is 3.31. The minimum atomic E-state index is -3.51. The molecule has 0 spiro atoms. The number of sulfonamides is 1. The molecule has 1 unspecified atom stereocenters. The van der Waals surface area contributed by atoms with Gasteiger partial charge in [-0.3, -0.25) is 0 Å². The second-order valence-corrected chi connectivity index (χ2v) is 7.76. The molecule has 1 atom stereocenters. The zero-order valence-corrected chi connectivity index (χ0v) is 12.9. The third-order valence-electron chi connectivity index (χ3n) is 4.41. The average Bonchev–Trinajstić information content (AvgIpc) is 3.11. The van der Waals surface area contributed by atoms with E-state index in [2.05, 4.69) is 4.90 Å². The quantitative estimate of drug-likeness (QED) is 0.854. The number of likely N-dealkylation sites (tertiary alicyclic amines) is 1. The first-order chi connectivity index (χ1) is 10.1. The first kappa shape index (κ1) is 14.9. The van der Waals surface area contributed by atoms with E-state index in [1.807, 2.05) is 0 Å². The Morgan fingerprint density at radius 2 is 1.71 bits per heavy atom. The van der Waals surface area contributed by atoms with Gasteiger partial charge in [-0.15, -0.1) is 0 Å². The smallest absolute Gasteiger partial charge is 0.243 e. The molecule has 1 aromatic rings. The van der Waals surface area contributed by atoms with Crippen molar-refractivity contribution >= 4 is 10.0 Å². The molecule has 0 radical (unpaired) electrons. The van der Waals surface area contributed by atoms with Gasteiger partial charge in [-0.1, -0.05) is 0 Å². The Kier molecular flexibility index (Phi) is 4.28. The van der Waals surface area contributed by atoms with Crippen LogP contribution in [0, 0.1) is 5.82 Å². The average molecular weight is 312 g/mol. The van der Waals surface area contributed by atoms with Gasteiger partial charge >= 0.3 is 0 Å². The van der Waals surface area contributed by atoms with E-state index in [9.17, 15) is 12.8 Å². The van der Waals surface area contributed by atoms with Crippen molar-refractivity contribution in [3.8, 4) is 0 Å².